The number of hydrogen-bond acceptors (Lipinski definition) is 3. The fourth-order valence-corrected chi connectivity index (χ4v) is 3.00. The molecule has 1 amide bonds. The van der Waals surface area contributed by atoms with Crippen molar-refractivity contribution in [3.05, 3.63) is 71.3 Å². The van der Waals surface area contributed by atoms with Crippen LogP contribution in [0.25, 0.3) is 11.1 Å². The maximum atomic E-state index is 12.4. The van der Waals surface area contributed by atoms with E-state index in [0.29, 0.717) is 5.56 Å². The molecular formula is C20H22N4O. The maximum Gasteiger partial charge on any atom is 0.251 e. The van der Waals surface area contributed by atoms with Gasteiger partial charge in [0.1, 0.15) is 0 Å². The van der Waals surface area contributed by atoms with Crippen molar-refractivity contribution in [1.29, 1.82) is 0 Å². The normalized spacial score (nSPS) is 12.0. The number of rotatable bonds is 5. The highest BCUT2D eigenvalue weighted by Gasteiger charge is 2.12. The van der Waals surface area contributed by atoms with E-state index in [2.05, 4.69) is 20.5 Å². The molecule has 5 heteroatoms. The van der Waals surface area contributed by atoms with Gasteiger partial charge in [0.2, 0.25) is 0 Å². The summed E-state index contributed by atoms with van der Waals surface area (Å²) in [6.07, 6.45) is 4.33. The quantitative estimate of drug-likeness (QED) is 0.751. The molecule has 0 saturated heterocycles. The molecular weight excluding hydrogens is 312 g/mol. The molecule has 128 valence electrons. The summed E-state index contributed by atoms with van der Waals surface area (Å²) in [5.41, 5.74) is 5.90. The van der Waals surface area contributed by atoms with Gasteiger partial charge in [0, 0.05) is 35.3 Å². The number of aromatic nitrogens is 3. The Bertz CT molecular complexity index is 834. The van der Waals surface area contributed by atoms with Crippen LogP contribution in [-0.2, 0) is 6.42 Å². The maximum absolute atomic E-state index is 12.4. The minimum absolute atomic E-state index is 0.0368. The van der Waals surface area contributed by atoms with Crippen molar-refractivity contribution in [2.75, 3.05) is 0 Å². The standard InChI is InChI=1S/C20H22N4O/c1-13(11-16-5-4-10-21-12-16)22-20(25)18-8-6-17(7-9-18)19-14(2)23-24-15(19)3/h4-10,12-13H,11H2,1-3H3,(H,22,25)(H,23,24). The summed E-state index contributed by atoms with van der Waals surface area (Å²) in [7, 11) is 0. The molecule has 1 unspecified atom stereocenters. The van der Waals surface area contributed by atoms with Crippen molar-refractivity contribution in [2.45, 2.75) is 33.2 Å². The lowest BCUT2D eigenvalue weighted by molar-refractivity contribution is 0.0940. The lowest BCUT2D eigenvalue weighted by Crippen LogP contribution is -2.34. The van der Waals surface area contributed by atoms with E-state index in [-0.39, 0.29) is 11.9 Å². The zero-order chi connectivity index (χ0) is 17.8. The largest absolute Gasteiger partial charge is 0.349 e. The first-order chi connectivity index (χ1) is 12.0. The van der Waals surface area contributed by atoms with Gasteiger partial charge >= 0.3 is 0 Å². The molecule has 0 fully saturated rings. The summed E-state index contributed by atoms with van der Waals surface area (Å²) < 4.78 is 0. The van der Waals surface area contributed by atoms with Crippen LogP contribution in [0.15, 0.2) is 48.8 Å². The number of aromatic amines is 1. The minimum atomic E-state index is -0.0661. The van der Waals surface area contributed by atoms with Crippen molar-refractivity contribution in [3.63, 3.8) is 0 Å². The molecule has 0 aliphatic rings. The summed E-state index contributed by atoms with van der Waals surface area (Å²) in [5, 5.41) is 10.2. The first-order valence-electron chi connectivity index (χ1n) is 8.36. The Morgan fingerprint density at radius 2 is 1.96 bits per heavy atom. The van der Waals surface area contributed by atoms with Gasteiger partial charge in [-0.1, -0.05) is 18.2 Å². The van der Waals surface area contributed by atoms with E-state index in [0.717, 1.165) is 34.5 Å². The van der Waals surface area contributed by atoms with Gasteiger partial charge in [0.15, 0.2) is 0 Å². The smallest absolute Gasteiger partial charge is 0.251 e. The molecule has 3 aromatic rings. The third kappa shape index (κ3) is 3.94. The summed E-state index contributed by atoms with van der Waals surface area (Å²) in [6.45, 7) is 5.97. The van der Waals surface area contributed by atoms with Crippen molar-refractivity contribution in [2.24, 2.45) is 0 Å². The van der Waals surface area contributed by atoms with E-state index in [1.165, 1.54) is 0 Å². The predicted octanol–water partition coefficient (Wildman–Crippen LogP) is 3.45. The zero-order valence-corrected chi connectivity index (χ0v) is 14.7. The van der Waals surface area contributed by atoms with Crippen LogP contribution in [0.5, 0.6) is 0 Å². The van der Waals surface area contributed by atoms with Crippen molar-refractivity contribution in [3.8, 4) is 11.1 Å². The van der Waals surface area contributed by atoms with Crippen LogP contribution < -0.4 is 5.32 Å². The highest BCUT2D eigenvalue weighted by molar-refractivity contribution is 5.95. The summed E-state index contributed by atoms with van der Waals surface area (Å²) >= 11 is 0. The van der Waals surface area contributed by atoms with Gasteiger partial charge < -0.3 is 5.32 Å². The number of H-pyrrole nitrogens is 1. The summed E-state index contributed by atoms with van der Waals surface area (Å²) in [5.74, 6) is -0.0661. The van der Waals surface area contributed by atoms with Crippen LogP contribution in [0.3, 0.4) is 0 Å². The van der Waals surface area contributed by atoms with Crippen molar-refractivity contribution < 1.29 is 4.79 Å². The van der Waals surface area contributed by atoms with E-state index >= 15 is 0 Å². The molecule has 0 bridgehead atoms. The molecule has 0 aliphatic heterocycles. The molecule has 0 saturated carbocycles. The Kier molecular flexibility index (Phi) is 4.93. The van der Waals surface area contributed by atoms with Crippen molar-refractivity contribution >= 4 is 5.91 Å². The first kappa shape index (κ1) is 16.9. The van der Waals surface area contributed by atoms with Crippen LogP contribution >= 0.6 is 0 Å². The number of hydrogen-bond donors (Lipinski definition) is 2. The fraction of sp³-hybridized carbons (Fsp3) is 0.250. The molecule has 2 heterocycles. The average Bonchev–Trinajstić information content (AvgIpc) is 2.94. The van der Waals surface area contributed by atoms with E-state index in [1.54, 1.807) is 6.20 Å². The van der Waals surface area contributed by atoms with E-state index in [4.69, 9.17) is 0 Å². The number of amides is 1. The fourth-order valence-electron chi connectivity index (χ4n) is 3.00. The van der Waals surface area contributed by atoms with Crippen LogP contribution in [0.1, 0.15) is 34.2 Å². The molecule has 25 heavy (non-hydrogen) atoms. The van der Waals surface area contributed by atoms with Crippen LogP contribution in [0.2, 0.25) is 0 Å². The molecule has 3 rings (SSSR count). The Morgan fingerprint density at radius 3 is 2.56 bits per heavy atom. The number of benzene rings is 1. The molecule has 2 N–H and O–H groups in total. The lowest BCUT2D eigenvalue weighted by Gasteiger charge is -2.14. The first-order valence-corrected chi connectivity index (χ1v) is 8.36. The van der Waals surface area contributed by atoms with Gasteiger partial charge in [-0.15, -0.1) is 0 Å². The molecule has 1 aromatic carbocycles. The molecule has 0 spiro atoms. The molecule has 2 aromatic heterocycles. The number of aryl methyl sites for hydroxylation is 2. The van der Waals surface area contributed by atoms with Crippen molar-refractivity contribution in [1.82, 2.24) is 20.5 Å². The number of carbonyl (C=O) groups excluding carboxylic acids is 1. The third-order valence-electron chi connectivity index (χ3n) is 4.21. The monoisotopic (exact) mass is 334 g/mol. The lowest BCUT2D eigenvalue weighted by atomic mass is 10.0. The minimum Gasteiger partial charge on any atom is -0.349 e. The zero-order valence-electron chi connectivity index (χ0n) is 14.7. The van der Waals surface area contributed by atoms with E-state index in [1.807, 2.05) is 63.4 Å². The molecule has 1 atom stereocenters. The SMILES string of the molecule is Cc1n[nH]c(C)c1-c1ccc(C(=O)NC(C)Cc2cccnc2)cc1. The molecule has 0 radical (unpaired) electrons. The second kappa shape index (κ2) is 7.30. The average molecular weight is 334 g/mol. The number of pyridine rings is 1. The Labute approximate surface area is 147 Å². The Hall–Kier alpha value is -2.95. The van der Waals surface area contributed by atoms with E-state index < -0.39 is 0 Å². The summed E-state index contributed by atoms with van der Waals surface area (Å²) in [4.78, 5) is 16.5. The topological polar surface area (TPSA) is 70.7 Å². The van der Waals surface area contributed by atoms with Gasteiger partial charge in [-0.05, 0) is 56.5 Å². The summed E-state index contributed by atoms with van der Waals surface area (Å²) in [6, 6.07) is 11.6. The molecule has 5 nitrogen and oxygen atoms in total. The highest BCUT2D eigenvalue weighted by atomic mass is 16.1. The highest BCUT2D eigenvalue weighted by Crippen LogP contribution is 2.25. The number of nitrogens with one attached hydrogen (secondary N) is 2. The van der Waals surface area contributed by atoms with Gasteiger partial charge in [-0.2, -0.15) is 5.10 Å². The number of carbonyl (C=O) groups is 1. The predicted molar refractivity (Wildman–Crippen MR) is 98.4 cm³/mol. The molecule has 0 aliphatic carbocycles. The van der Waals surface area contributed by atoms with Crippen LogP contribution in [-0.4, -0.2) is 27.1 Å². The third-order valence-corrected chi connectivity index (χ3v) is 4.21. The van der Waals surface area contributed by atoms with Crippen LogP contribution in [0.4, 0.5) is 0 Å². The Balaban J connectivity index is 1.67. The van der Waals surface area contributed by atoms with Crippen LogP contribution in [0, 0.1) is 13.8 Å². The van der Waals surface area contributed by atoms with Gasteiger partial charge in [0.25, 0.3) is 5.91 Å². The number of nitrogens with zero attached hydrogens (tertiary/aromatic N) is 2. The second-order valence-corrected chi connectivity index (χ2v) is 6.33. The van der Waals surface area contributed by atoms with E-state index in [9.17, 15) is 4.79 Å². The van der Waals surface area contributed by atoms with Gasteiger partial charge in [-0.3, -0.25) is 14.9 Å². The Morgan fingerprint density at radius 1 is 1.20 bits per heavy atom. The second-order valence-electron chi connectivity index (χ2n) is 6.33. The van der Waals surface area contributed by atoms with Gasteiger partial charge in [-0.25, -0.2) is 0 Å². The van der Waals surface area contributed by atoms with Gasteiger partial charge in [0.05, 0.1) is 5.69 Å².